The molecule has 2 N–H and O–H groups in total. The van der Waals surface area contributed by atoms with Crippen molar-refractivity contribution in [2.75, 3.05) is 13.2 Å². The molecule has 0 aromatic heterocycles. The number of aliphatic hydroxyl groups excluding tert-OH is 1. The first-order valence-electron chi connectivity index (χ1n) is 5.08. The van der Waals surface area contributed by atoms with Gasteiger partial charge in [-0.1, -0.05) is 20.8 Å². The van der Waals surface area contributed by atoms with E-state index in [0.29, 0.717) is 18.6 Å². The highest BCUT2D eigenvalue weighted by Crippen LogP contribution is 2.01. The average molecular weight is 173 g/mol. The van der Waals surface area contributed by atoms with Crippen molar-refractivity contribution in [3.63, 3.8) is 0 Å². The van der Waals surface area contributed by atoms with Crippen molar-refractivity contribution < 1.29 is 5.11 Å². The highest BCUT2D eigenvalue weighted by Gasteiger charge is 2.05. The van der Waals surface area contributed by atoms with Crippen LogP contribution in [-0.2, 0) is 0 Å². The van der Waals surface area contributed by atoms with Crippen LogP contribution in [0.4, 0.5) is 0 Å². The van der Waals surface area contributed by atoms with Crippen LogP contribution in [0.5, 0.6) is 0 Å². The van der Waals surface area contributed by atoms with E-state index in [9.17, 15) is 0 Å². The maximum atomic E-state index is 8.69. The molecule has 0 bridgehead atoms. The maximum Gasteiger partial charge on any atom is 0.0434 e. The predicted molar refractivity (Wildman–Crippen MR) is 53.2 cm³/mol. The van der Waals surface area contributed by atoms with Gasteiger partial charge >= 0.3 is 0 Å². The van der Waals surface area contributed by atoms with E-state index in [2.05, 4.69) is 26.1 Å². The number of hydrogen-bond acceptors (Lipinski definition) is 2. The third kappa shape index (κ3) is 5.56. The van der Waals surface area contributed by atoms with Crippen LogP contribution in [0.15, 0.2) is 0 Å². The van der Waals surface area contributed by atoms with Gasteiger partial charge in [0.05, 0.1) is 0 Å². The molecule has 0 amide bonds. The summed E-state index contributed by atoms with van der Waals surface area (Å²) in [4.78, 5) is 0. The molecule has 0 rings (SSSR count). The van der Waals surface area contributed by atoms with Crippen LogP contribution in [0.25, 0.3) is 0 Å². The van der Waals surface area contributed by atoms with Crippen LogP contribution in [0, 0.1) is 5.92 Å². The first kappa shape index (κ1) is 11.9. The van der Waals surface area contributed by atoms with Crippen LogP contribution in [0.1, 0.15) is 40.0 Å². The highest BCUT2D eigenvalue weighted by atomic mass is 16.3. The molecule has 0 fully saturated rings. The summed E-state index contributed by atoms with van der Waals surface area (Å²) in [6.07, 6.45) is 3.30. The van der Waals surface area contributed by atoms with Crippen LogP contribution in [0.3, 0.4) is 0 Å². The minimum absolute atomic E-state index is 0.311. The van der Waals surface area contributed by atoms with Gasteiger partial charge in [-0.2, -0.15) is 0 Å². The SMILES string of the molecule is CCC(CC)NCC(C)CCO. The van der Waals surface area contributed by atoms with Gasteiger partial charge in [-0.05, 0) is 31.7 Å². The number of hydrogen-bond donors (Lipinski definition) is 2. The van der Waals surface area contributed by atoms with Gasteiger partial charge in [-0.25, -0.2) is 0 Å². The van der Waals surface area contributed by atoms with Gasteiger partial charge in [0.25, 0.3) is 0 Å². The molecule has 2 nitrogen and oxygen atoms in total. The van der Waals surface area contributed by atoms with Crippen LogP contribution < -0.4 is 5.32 Å². The standard InChI is InChI=1S/C10H23NO/c1-4-10(5-2)11-8-9(3)6-7-12/h9-12H,4-8H2,1-3H3. The molecule has 1 atom stereocenters. The third-order valence-electron chi connectivity index (χ3n) is 2.36. The molecule has 0 aromatic carbocycles. The smallest absolute Gasteiger partial charge is 0.0434 e. The van der Waals surface area contributed by atoms with Crippen molar-refractivity contribution in [2.45, 2.75) is 46.1 Å². The van der Waals surface area contributed by atoms with Crippen molar-refractivity contribution in [3.05, 3.63) is 0 Å². The summed E-state index contributed by atoms with van der Waals surface area (Å²) in [5, 5.41) is 12.2. The molecule has 0 aromatic rings. The molecule has 0 radical (unpaired) electrons. The van der Waals surface area contributed by atoms with Crippen molar-refractivity contribution in [1.29, 1.82) is 0 Å². The minimum Gasteiger partial charge on any atom is -0.396 e. The zero-order valence-electron chi connectivity index (χ0n) is 8.64. The Balaban J connectivity index is 3.37. The zero-order chi connectivity index (χ0) is 9.40. The quantitative estimate of drug-likeness (QED) is 0.615. The third-order valence-corrected chi connectivity index (χ3v) is 2.36. The lowest BCUT2D eigenvalue weighted by Crippen LogP contribution is -2.31. The lowest BCUT2D eigenvalue weighted by atomic mass is 10.1. The fourth-order valence-electron chi connectivity index (χ4n) is 1.27. The Kier molecular flexibility index (Phi) is 7.51. The summed E-state index contributed by atoms with van der Waals surface area (Å²) in [6, 6.07) is 0.658. The average Bonchev–Trinajstić information content (AvgIpc) is 2.07. The molecule has 0 aliphatic rings. The van der Waals surface area contributed by atoms with Crippen molar-refractivity contribution in [1.82, 2.24) is 5.32 Å². The van der Waals surface area contributed by atoms with Gasteiger partial charge in [0.2, 0.25) is 0 Å². The summed E-state index contributed by atoms with van der Waals surface area (Å²) < 4.78 is 0. The summed E-state index contributed by atoms with van der Waals surface area (Å²) in [7, 11) is 0. The topological polar surface area (TPSA) is 32.3 Å². The van der Waals surface area contributed by atoms with Gasteiger partial charge in [-0.15, -0.1) is 0 Å². The summed E-state index contributed by atoms with van der Waals surface area (Å²) in [6.45, 7) is 7.93. The van der Waals surface area contributed by atoms with Gasteiger partial charge in [0.1, 0.15) is 0 Å². The molecule has 12 heavy (non-hydrogen) atoms. The van der Waals surface area contributed by atoms with E-state index in [-0.39, 0.29) is 0 Å². The molecule has 0 saturated carbocycles. The van der Waals surface area contributed by atoms with E-state index in [1.54, 1.807) is 0 Å². The molecular weight excluding hydrogens is 150 g/mol. The van der Waals surface area contributed by atoms with E-state index in [1.165, 1.54) is 12.8 Å². The first-order valence-corrected chi connectivity index (χ1v) is 5.08. The Morgan fingerprint density at radius 3 is 2.25 bits per heavy atom. The van der Waals surface area contributed by atoms with Gasteiger partial charge in [0.15, 0.2) is 0 Å². The maximum absolute atomic E-state index is 8.69. The summed E-state index contributed by atoms with van der Waals surface area (Å²) in [5.41, 5.74) is 0. The molecule has 2 heteroatoms. The van der Waals surface area contributed by atoms with Crippen molar-refractivity contribution >= 4 is 0 Å². The van der Waals surface area contributed by atoms with Crippen LogP contribution in [0.2, 0.25) is 0 Å². The minimum atomic E-state index is 0.311. The Morgan fingerprint density at radius 1 is 1.25 bits per heavy atom. The first-order chi connectivity index (χ1) is 5.74. The molecule has 0 saturated heterocycles. The van der Waals surface area contributed by atoms with Crippen LogP contribution in [-0.4, -0.2) is 24.3 Å². The zero-order valence-corrected chi connectivity index (χ0v) is 8.64. The number of rotatable bonds is 7. The van der Waals surface area contributed by atoms with Gasteiger partial charge in [-0.3, -0.25) is 0 Å². The highest BCUT2D eigenvalue weighted by molar-refractivity contribution is 4.64. The monoisotopic (exact) mass is 173 g/mol. The lowest BCUT2D eigenvalue weighted by Gasteiger charge is -2.17. The predicted octanol–water partition coefficient (Wildman–Crippen LogP) is 1.78. The van der Waals surface area contributed by atoms with Crippen LogP contribution >= 0.6 is 0 Å². The van der Waals surface area contributed by atoms with E-state index < -0.39 is 0 Å². The Morgan fingerprint density at radius 2 is 1.83 bits per heavy atom. The van der Waals surface area contributed by atoms with E-state index in [4.69, 9.17) is 5.11 Å². The lowest BCUT2D eigenvalue weighted by molar-refractivity contribution is 0.257. The Bertz CT molecular complexity index is 91.8. The second kappa shape index (κ2) is 7.56. The molecule has 74 valence electrons. The second-order valence-corrected chi connectivity index (χ2v) is 3.54. The van der Waals surface area contributed by atoms with Gasteiger partial charge in [0, 0.05) is 12.6 Å². The van der Waals surface area contributed by atoms with E-state index >= 15 is 0 Å². The Hall–Kier alpha value is -0.0800. The molecule has 0 aliphatic heterocycles. The molecule has 0 heterocycles. The number of aliphatic hydroxyl groups is 1. The normalized spacial score (nSPS) is 13.8. The number of nitrogens with one attached hydrogen (secondary N) is 1. The van der Waals surface area contributed by atoms with Crippen molar-refractivity contribution in [2.24, 2.45) is 5.92 Å². The molecule has 0 spiro atoms. The largest absolute Gasteiger partial charge is 0.396 e. The van der Waals surface area contributed by atoms with E-state index in [0.717, 1.165) is 13.0 Å². The Labute approximate surface area is 76.4 Å². The molecular formula is C10H23NO. The molecule has 0 aliphatic carbocycles. The van der Waals surface area contributed by atoms with Gasteiger partial charge < -0.3 is 10.4 Å². The summed E-state index contributed by atoms with van der Waals surface area (Å²) in [5.74, 6) is 0.593. The van der Waals surface area contributed by atoms with Crippen molar-refractivity contribution in [3.8, 4) is 0 Å². The fourth-order valence-corrected chi connectivity index (χ4v) is 1.27. The second-order valence-electron chi connectivity index (χ2n) is 3.54. The molecule has 1 unspecified atom stereocenters. The summed E-state index contributed by atoms with van der Waals surface area (Å²) >= 11 is 0. The van der Waals surface area contributed by atoms with E-state index in [1.807, 2.05) is 0 Å². The fraction of sp³-hybridized carbons (Fsp3) is 1.00.